The van der Waals surface area contributed by atoms with Crippen LogP contribution in [0.5, 0.6) is 5.75 Å². The van der Waals surface area contributed by atoms with Crippen molar-refractivity contribution in [3.63, 3.8) is 0 Å². The van der Waals surface area contributed by atoms with Gasteiger partial charge in [-0.3, -0.25) is 9.69 Å². The van der Waals surface area contributed by atoms with Crippen molar-refractivity contribution >= 4 is 12.0 Å². The summed E-state index contributed by atoms with van der Waals surface area (Å²) in [5.74, 6) is 1.15. The summed E-state index contributed by atoms with van der Waals surface area (Å²) in [4.78, 5) is 14.5. The summed E-state index contributed by atoms with van der Waals surface area (Å²) in [6, 6.07) is 7.97. The Bertz CT molecular complexity index is 551. The van der Waals surface area contributed by atoms with Gasteiger partial charge in [0.05, 0.1) is 20.3 Å². The molecule has 1 N–H and O–H groups in total. The molecular weight excluding hydrogens is 304 g/mol. The van der Waals surface area contributed by atoms with Crippen molar-refractivity contribution in [2.45, 2.75) is 19.9 Å². The maximum absolute atomic E-state index is 12.1. The van der Waals surface area contributed by atoms with Crippen molar-refractivity contribution in [2.75, 3.05) is 40.0 Å². The van der Waals surface area contributed by atoms with E-state index in [-0.39, 0.29) is 5.91 Å². The van der Waals surface area contributed by atoms with Gasteiger partial charge in [-0.25, -0.2) is 0 Å². The lowest BCUT2D eigenvalue weighted by atomic mass is 10.0. The molecule has 1 aromatic rings. The van der Waals surface area contributed by atoms with E-state index in [1.54, 1.807) is 19.3 Å². The topological polar surface area (TPSA) is 50.8 Å². The number of benzene rings is 1. The van der Waals surface area contributed by atoms with Crippen LogP contribution in [0.4, 0.5) is 0 Å². The lowest BCUT2D eigenvalue weighted by molar-refractivity contribution is -0.116. The molecule has 24 heavy (non-hydrogen) atoms. The van der Waals surface area contributed by atoms with Crippen molar-refractivity contribution in [1.29, 1.82) is 0 Å². The Balaban J connectivity index is 1.89. The van der Waals surface area contributed by atoms with Crippen LogP contribution in [-0.4, -0.2) is 56.8 Å². The number of hydrogen-bond donors (Lipinski definition) is 1. The highest BCUT2D eigenvalue weighted by Crippen LogP contribution is 2.18. The predicted octanol–water partition coefficient (Wildman–Crippen LogP) is 2.18. The Hall–Kier alpha value is -1.85. The van der Waals surface area contributed by atoms with E-state index >= 15 is 0 Å². The number of amides is 1. The maximum Gasteiger partial charge on any atom is 0.244 e. The Kier molecular flexibility index (Phi) is 7.28. The van der Waals surface area contributed by atoms with Crippen molar-refractivity contribution in [3.05, 3.63) is 35.9 Å². The Labute approximate surface area is 144 Å². The van der Waals surface area contributed by atoms with Crippen LogP contribution in [0.15, 0.2) is 30.3 Å². The molecule has 1 fully saturated rings. The van der Waals surface area contributed by atoms with Crippen molar-refractivity contribution in [2.24, 2.45) is 5.92 Å². The van der Waals surface area contributed by atoms with Crippen LogP contribution in [-0.2, 0) is 9.53 Å². The lowest BCUT2D eigenvalue weighted by Gasteiger charge is -2.36. The monoisotopic (exact) mass is 332 g/mol. The number of nitrogens with zero attached hydrogens (tertiary/aromatic N) is 1. The third-order valence-electron chi connectivity index (χ3n) is 4.32. The molecule has 1 atom stereocenters. The number of morpholine rings is 1. The number of hydrogen-bond acceptors (Lipinski definition) is 4. The van der Waals surface area contributed by atoms with E-state index in [2.05, 4.69) is 24.1 Å². The molecule has 1 unspecified atom stereocenters. The molecule has 0 radical (unpaired) electrons. The van der Waals surface area contributed by atoms with Gasteiger partial charge >= 0.3 is 0 Å². The quantitative estimate of drug-likeness (QED) is 0.778. The Morgan fingerprint density at radius 3 is 2.71 bits per heavy atom. The van der Waals surface area contributed by atoms with Crippen LogP contribution in [0.25, 0.3) is 6.08 Å². The smallest absolute Gasteiger partial charge is 0.244 e. The van der Waals surface area contributed by atoms with E-state index in [1.165, 1.54) is 0 Å². The second-order valence-electron chi connectivity index (χ2n) is 6.28. The zero-order chi connectivity index (χ0) is 17.4. The molecule has 132 valence electrons. The lowest BCUT2D eigenvalue weighted by Crippen LogP contribution is -2.51. The van der Waals surface area contributed by atoms with Gasteiger partial charge in [-0.15, -0.1) is 0 Å². The average molecular weight is 332 g/mol. The summed E-state index contributed by atoms with van der Waals surface area (Å²) < 4.78 is 10.7. The molecule has 1 aromatic carbocycles. The number of carbonyl (C=O) groups excluding carboxylic acids is 1. The molecule has 0 bridgehead atoms. The summed E-state index contributed by atoms with van der Waals surface area (Å²) in [7, 11) is 1.63. The first-order valence-corrected chi connectivity index (χ1v) is 8.52. The van der Waals surface area contributed by atoms with E-state index in [0.29, 0.717) is 18.5 Å². The van der Waals surface area contributed by atoms with E-state index in [4.69, 9.17) is 9.47 Å². The molecule has 1 amide bonds. The fourth-order valence-electron chi connectivity index (χ4n) is 2.93. The first kappa shape index (κ1) is 18.5. The maximum atomic E-state index is 12.1. The summed E-state index contributed by atoms with van der Waals surface area (Å²) in [5.41, 5.74) is 0.892. The minimum Gasteiger partial charge on any atom is -0.496 e. The van der Waals surface area contributed by atoms with Crippen molar-refractivity contribution in [1.82, 2.24) is 10.2 Å². The summed E-state index contributed by atoms with van der Waals surface area (Å²) in [6.07, 6.45) is 3.35. The van der Waals surface area contributed by atoms with Crippen LogP contribution in [0.1, 0.15) is 19.4 Å². The first-order valence-electron chi connectivity index (χ1n) is 8.52. The highest BCUT2D eigenvalue weighted by atomic mass is 16.5. The normalized spacial score (nSPS) is 17.2. The Morgan fingerprint density at radius 2 is 2.04 bits per heavy atom. The number of rotatable bonds is 7. The number of nitrogens with one attached hydrogen (secondary N) is 1. The number of carbonyl (C=O) groups is 1. The van der Waals surface area contributed by atoms with Crippen molar-refractivity contribution in [3.8, 4) is 5.75 Å². The summed E-state index contributed by atoms with van der Waals surface area (Å²) >= 11 is 0. The SMILES string of the molecule is COc1ccccc1/C=C/C(=O)NCC(C(C)C)N1CCOCC1. The molecule has 0 spiro atoms. The van der Waals surface area contributed by atoms with Gasteiger partial charge in [0, 0.05) is 37.3 Å². The molecule has 2 rings (SSSR count). The zero-order valence-corrected chi connectivity index (χ0v) is 14.8. The minimum absolute atomic E-state index is 0.0835. The summed E-state index contributed by atoms with van der Waals surface area (Å²) in [5, 5.41) is 3.02. The molecule has 0 aliphatic carbocycles. The number of methoxy groups -OCH3 is 1. The van der Waals surface area contributed by atoms with Crippen molar-refractivity contribution < 1.29 is 14.3 Å². The summed E-state index contributed by atoms with van der Waals surface area (Å²) in [6.45, 7) is 8.42. The van der Waals surface area contributed by atoms with E-state index in [0.717, 1.165) is 37.6 Å². The van der Waals surface area contributed by atoms with Crippen LogP contribution in [0, 0.1) is 5.92 Å². The molecule has 1 aliphatic rings. The number of para-hydroxylation sites is 1. The highest BCUT2D eigenvalue weighted by Gasteiger charge is 2.23. The highest BCUT2D eigenvalue weighted by molar-refractivity contribution is 5.92. The van der Waals surface area contributed by atoms with Crippen LogP contribution >= 0.6 is 0 Å². The van der Waals surface area contributed by atoms with Gasteiger partial charge in [-0.2, -0.15) is 0 Å². The fraction of sp³-hybridized carbons (Fsp3) is 0.526. The van der Waals surface area contributed by atoms with Gasteiger partial charge in [-0.05, 0) is 18.1 Å². The Morgan fingerprint density at radius 1 is 1.33 bits per heavy atom. The van der Waals surface area contributed by atoms with Gasteiger partial charge < -0.3 is 14.8 Å². The van der Waals surface area contributed by atoms with Gasteiger partial charge in [0.25, 0.3) is 0 Å². The van der Waals surface area contributed by atoms with E-state index < -0.39 is 0 Å². The van der Waals surface area contributed by atoms with Gasteiger partial charge in [0.2, 0.25) is 5.91 Å². The molecule has 5 nitrogen and oxygen atoms in total. The van der Waals surface area contributed by atoms with Crippen LogP contribution < -0.4 is 10.1 Å². The van der Waals surface area contributed by atoms with Gasteiger partial charge in [0.15, 0.2) is 0 Å². The largest absolute Gasteiger partial charge is 0.496 e. The molecule has 1 aliphatic heterocycles. The average Bonchev–Trinajstić information content (AvgIpc) is 2.61. The molecule has 0 saturated carbocycles. The van der Waals surface area contributed by atoms with Crippen LogP contribution in [0.2, 0.25) is 0 Å². The third-order valence-corrected chi connectivity index (χ3v) is 4.32. The van der Waals surface area contributed by atoms with E-state index in [9.17, 15) is 4.79 Å². The zero-order valence-electron chi connectivity index (χ0n) is 14.8. The fourth-order valence-corrected chi connectivity index (χ4v) is 2.93. The van der Waals surface area contributed by atoms with E-state index in [1.807, 2.05) is 24.3 Å². The van der Waals surface area contributed by atoms with Crippen LogP contribution in [0.3, 0.4) is 0 Å². The predicted molar refractivity (Wildman–Crippen MR) is 96.1 cm³/mol. The van der Waals surface area contributed by atoms with Gasteiger partial charge in [0.1, 0.15) is 5.75 Å². The molecule has 5 heteroatoms. The minimum atomic E-state index is -0.0835. The second-order valence-corrected chi connectivity index (χ2v) is 6.28. The molecule has 1 saturated heterocycles. The van der Waals surface area contributed by atoms with Gasteiger partial charge in [-0.1, -0.05) is 32.0 Å². The second kappa shape index (κ2) is 9.45. The molecular formula is C19H28N2O3. The molecule has 0 aromatic heterocycles. The standard InChI is InChI=1S/C19H28N2O3/c1-15(2)17(21-10-12-24-13-11-21)14-20-19(22)9-8-16-6-4-5-7-18(16)23-3/h4-9,15,17H,10-14H2,1-3H3,(H,20,22)/b9-8+. The molecule has 1 heterocycles. The third kappa shape index (κ3) is 5.35. The number of ether oxygens (including phenoxy) is 2. The first-order chi connectivity index (χ1) is 11.6.